The van der Waals surface area contributed by atoms with Gasteiger partial charge in [-0.15, -0.1) is 11.3 Å². The van der Waals surface area contributed by atoms with Crippen molar-refractivity contribution in [3.05, 3.63) is 45.2 Å². The minimum absolute atomic E-state index is 0.156. The Morgan fingerprint density at radius 1 is 1.43 bits per heavy atom. The first kappa shape index (κ1) is 15.8. The Bertz CT molecular complexity index is 601. The Hall–Kier alpha value is -1.59. The van der Waals surface area contributed by atoms with Crippen LogP contribution in [0.2, 0.25) is 5.02 Å². The van der Waals surface area contributed by atoms with E-state index in [9.17, 15) is 4.79 Å². The van der Waals surface area contributed by atoms with Crippen LogP contribution in [0.3, 0.4) is 0 Å². The van der Waals surface area contributed by atoms with Gasteiger partial charge in [0.25, 0.3) is 5.91 Å². The molecule has 2 rings (SSSR count). The lowest BCUT2D eigenvalue weighted by Crippen LogP contribution is -2.29. The second-order valence-electron chi connectivity index (χ2n) is 4.61. The van der Waals surface area contributed by atoms with Gasteiger partial charge < -0.3 is 10.2 Å². The third-order valence-electron chi connectivity index (χ3n) is 3.03. The van der Waals surface area contributed by atoms with E-state index < -0.39 is 0 Å². The predicted octanol–water partition coefficient (Wildman–Crippen LogP) is 3.54. The molecule has 0 radical (unpaired) electrons. The average Bonchev–Trinajstić information content (AvgIpc) is 2.99. The van der Waals surface area contributed by atoms with Crippen LogP contribution in [0.5, 0.6) is 0 Å². The third-order valence-corrected chi connectivity index (χ3v) is 4.27. The predicted molar refractivity (Wildman–Crippen MR) is 88.4 cm³/mol. The number of rotatable bonds is 6. The van der Waals surface area contributed by atoms with Gasteiger partial charge >= 0.3 is 0 Å². The highest BCUT2D eigenvalue weighted by molar-refractivity contribution is 7.09. The smallest absolute Gasteiger partial charge is 0.273 e. The van der Waals surface area contributed by atoms with Crippen LogP contribution in [0, 0.1) is 0 Å². The summed E-state index contributed by atoms with van der Waals surface area (Å²) in [5.74, 6) is 0.508. The molecule has 0 bridgehead atoms. The van der Waals surface area contributed by atoms with Crippen LogP contribution < -0.4 is 5.32 Å². The number of hydrogen-bond acceptors (Lipinski definition) is 4. The molecule has 0 saturated carbocycles. The highest BCUT2D eigenvalue weighted by Crippen LogP contribution is 2.18. The molecule has 0 unspecified atom stereocenters. The van der Waals surface area contributed by atoms with E-state index in [2.05, 4.69) is 16.4 Å². The summed E-state index contributed by atoms with van der Waals surface area (Å²) in [6, 6.07) is 7.56. The van der Waals surface area contributed by atoms with Crippen molar-refractivity contribution >= 4 is 34.7 Å². The molecule has 6 heteroatoms. The zero-order chi connectivity index (χ0) is 15.2. The third kappa shape index (κ3) is 4.19. The number of aromatic nitrogens is 1. The molecular formula is C15H18ClN3OS. The molecule has 0 fully saturated rings. The molecule has 0 aliphatic carbocycles. The molecule has 0 saturated heterocycles. The largest absolute Gasteiger partial charge is 0.370 e. The van der Waals surface area contributed by atoms with Crippen LogP contribution in [0.1, 0.15) is 22.3 Å². The number of anilines is 1. The van der Waals surface area contributed by atoms with Crippen LogP contribution in [0.25, 0.3) is 0 Å². The highest BCUT2D eigenvalue weighted by atomic mass is 35.5. The molecule has 4 nitrogen and oxygen atoms in total. The summed E-state index contributed by atoms with van der Waals surface area (Å²) >= 11 is 7.79. The molecule has 1 amide bonds. The number of carbonyl (C=O) groups excluding carboxylic acids is 1. The lowest BCUT2D eigenvalue weighted by molar-refractivity contribution is 0.0791. The van der Waals surface area contributed by atoms with Gasteiger partial charge in [-0.1, -0.05) is 17.7 Å². The van der Waals surface area contributed by atoms with E-state index in [1.54, 1.807) is 35.4 Å². The minimum atomic E-state index is -0.156. The summed E-state index contributed by atoms with van der Waals surface area (Å²) in [7, 11) is 1.77. The Morgan fingerprint density at radius 3 is 2.90 bits per heavy atom. The molecule has 21 heavy (non-hydrogen) atoms. The topological polar surface area (TPSA) is 45.2 Å². The lowest BCUT2D eigenvalue weighted by atomic mass is 10.2. The maximum Gasteiger partial charge on any atom is 0.273 e. The van der Waals surface area contributed by atoms with Crippen molar-refractivity contribution in [3.63, 3.8) is 0 Å². The molecule has 1 N–H and O–H groups in total. The molecule has 0 atom stereocenters. The Balaban J connectivity index is 2.05. The highest BCUT2D eigenvalue weighted by Gasteiger charge is 2.17. The number of carbonyl (C=O) groups is 1. The summed E-state index contributed by atoms with van der Waals surface area (Å²) in [4.78, 5) is 19.6. The molecule has 0 aromatic carbocycles. The maximum absolute atomic E-state index is 12.4. The number of amides is 1. The fourth-order valence-electron chi connectivity index (χ4n) is 1.89. The van der Waals surface area contributed by atoms with Gasteiger partial charge in [0, 0.05) is 25.0 Å². The van der Waals surface area contributed by atoms with E-state index in [0.29, 0.717) is 23.1 Å². The molecule has 2 heterocycles. The van der Waals surface area contributed by atoms with Gasteiger partial charge in [-0.3, -0.25) is 4.79 Å². The SMILES string of the molecule is CCNc1ccc(Cl)c(C(=O)N(C)CCc2cccs2)n1. The van der Waals surface area contributed by atoms with Crippen LogP contribution in [0.4, 0.5) is 5.82 Å². The number of nitrogens with one attached hydrogen (secondary N) is 1. The monoisotopic (exact) mass is 323 g/mol. The Labute approximate surface area is 133 Å². The number of hydrogen-bond donors (Lipinski definition) is 1. The first-order valence-corrected chi connectivity index (χ1v) is 8.06. The summed E-state index contributed by atoms with van der Waals surface area (Å²) < 4.78 is 0. The fraction of sp³-hybridized carbons (Fsp3) is 0.333. The molecule has 112 valence electrons. The second kappa shape index (κ2) is 7.43. The van der Waals surface area contributed by atoms with Crippen LogP contribution in [-0.4, -0.2) is 35.9 Å². The van der Waals surface area contributed by atoms with E-state index in [1.165, 1.54) is 4.88 Å². The number of nitrogens with zero attached hydrogens (tertiary/aromatic N) is 2. The standard InChI is InChI=1S/C15H18ClN3OS/c1-3-17-13-7-6-12(16)14(18-13)15(20)19(2)9-8-11-5-4-10-21-11/h4-7,10H,3,8-9H2,1-2H3,(H,17,18). The first-order chi connectivity index (χ1) is 10.1. The molecular weight excluding hydrogens is 306 g/mol. The Kier molecular flexibility index (Phi) is 5.59. The molecule has 0 aliphatic heterocycles. The van der Waals surface area contributed by atoms with Gasteiger partial charge in [-0.05, 0) is 36.9 Å². The molecule has 2 aromatic rings. The zero-order valence-corrected chi connectivity index (χ0v) is 13.7. The van der Waals surface area contributed by atoms with Gasteiger partial charge in [0.05, 0.1) is 5.02 Å². The number of thiophene rings is 1. The van der Waals surface area contributed by atoms with Crippen molar-refractivity contribution in [2.75, 3.05) is 25.5 Å². The number of pyridine rings is 1. The number of likely N-dealkylation sites (N-methyl/N-ethyl adjacent to an activating group) is 1. The van der Waals surface area contributed by atoms with E-state index in [-0.39, 0.29) is 5.91 Å². The zero-order valence-electron chi connectivity index (χ0n) is 12.1. The summed E-state index contributed by atoms with van der Waals surface area (Å²) in [6.45, 7) is 3.37. The maximum atomic E-state index is 12.4. The molecule has 0 spiro atoms. The van der Waals surface area contributed by atoms with Crippen molar-refractivity contribution in [2.45, 2.75) is 13.3 Å². The van der Waals surface area contributed by atoms with Gasteiger partial charge in [-0.2, -0.15) is 0 Å². The van der Waals surface area contributed by atoms with Crippen molar-refractivity contribution in [1.82, 2.24) is 9.88 Å². The number of halogens is 1. The molecule has 2 aromatic heterocycles. The van der Waals surface area contributed by atoms with Crippen molar-refractivity contribution in [2.24, 2.45) is 0 Å². The van der Waals surface area contributed by atoms with Crippen molar-refractivity contribution < 1.29 is 4.79 Å². The van der Waals surface area contributed by atoms with E-state index in [1.807, 2.05) is 18.4 Å². The second-order valence-corrected chi connectivity index (χ2v) is 6.05. The average molecular weight is 324 g/mol. The summed E-state index contributed by atoms with van der Waals surface area (Å²) in [6.07, 6.45) is 0.838. The first-order valence-electron chi connectivity index (χ1n) is 6.80. The van der Waals surface area contributed by atoms with E-state index in [0.717, 1.165) is 13.0 Å². The van der Waals surface area contributed by atoms with Gasteiger partial charge in [0.2, 0.25) is 0 Å². The van der Waals surface area contributed by atoms with Gasteiger partial charge in [-0.25, -0.2) is 4.98 Å². The minimum Gasteiger partial charge on any atom is -0.370 e. The van der Waals surface area contributed by atoms with Gasteiger partial charge in [0.15, 0.2) is 0 Å². The Morgan fingerprint density at radius 2 is 2.24 bits per heavy atom. The van der Waals surface area contributed by atoms with Crippen LogP contribution in [0.15, 0.2) is 29.6 Å². The van der Waals surface area contributed by atoms with Crippen molar-refractivity contribution in [3.8, 4) is 0 Å². The van der Waals surface area contributed by atoms with Gasteiger partial charge in [0.1, 0.15) is 11.5 Å². The fourth-order valence-corrected chi connectivity index (χ4v) is 2.77. The summed E-state index contributed by atoms with van der Waals surface area (Å²) in [5, 5.41) is 5.50. The summed E-state index contributed by atoms with van der Waals surface area (Å²) in [5.41, 5.74) is 0.295. The van der Waals surface area contributed by atoms with Crippen LogP contribution in [-0.2, 0) is 6.42 Å². The molecule has 0 aliphatic rings. The quantitative estimate of drug-likeness (QED) is 0.884. The normalized spacial score (nSPS) is 10.4. The van der Waals surface area contributed by atoms with Crippen molar-refractivity contribution in [1.29, 1.82) is 0 Å². The van der Waals surface area contributed by atoms with Crippen LogP contribution >= 0.6 is 22.9 Å². The lowest BCUT2D eigenvalue weighted by Gasteiger charge is -2.17. The van der Waals surface area contributed by atoms with E-state index >= 15 is 0 Å². The van der Waals surface area contributed by atoms with E-state index in [4.69, 9.17) is 11.6 Å².